The molecule has 0 amide bonds. The molecule has 1 aromatic heterocycles. The first-order chi connectivity index (χ1) is 8.00. The smallest absolute Gasteiger partial charge is 0.374 e. The topological polar surface area (TPSA) is 104 Å². The lowest BCUT2D eigenvalue weighted by Crippen LogP contribution is -1.91. The molecule has 3 N–H and O–H groups in total. The normalized spacial score (nSPS) is 10.4. The van der Waals surface area contributed by atoms with Gasteiger partial charge in [0.1, 0.15) is 5.69 Å². The molecule has 1 heterocycles. The van der Waals surface area contributed by atoms with Crippen LogP contribution in [0.2, 0.25) is 0 Å². The summed E-state index contributed by atoms with van der Waals surface area (Å²) in [5.41, 5.74) is 0.281. The van der Waals surface area contributed by atoms with Crippen LogP contribution in [0.3, 0.4) is 0 Å². The maximum atomic E-state index is 10.6. The second-order valence-electron chi connectivity index (χ2n) is 3.17. The van der Waals surface area contributed by atoms with Gasteiger partial charge in [-0.2, -0.15) is 0 Å². The number of nitrogens with zero attached hydrogens (tertiary/aromatic N) is 1. The minimum atomic E-state index is -1.26. The first-order valence-electron chi connectivity index (χ1n) is 4.41. The summed E-state index contributed by atoms with van der Waals surface area (Å²) >= 11 is 3.16. The molecule has 88 valence electrons. The van der Waals surface area contributed by atoms with Gasteiger partial charge in [0.05, 0.1) is 5.56 Å². The van der Waals surface area contributed by atoms with Crippen molar-refractivity contribution in [1.29, 1.82) is 0 Å². The largest absolute Gasteiger partial charge is 0.504 e. The van der Waals surface area contributed by atoms with Gasteiger partial charge in [-0.05, 0) is 28.1 Å². The maximum Gasteiger partial charge on any atom is 0.374 e. The van der Waals surface area contributed by atoms with Crippen molar-refractivity contribution in [2.45, 2.75) is 0 Å². The first-order valence-corrected chi connectivity index (χ1v) is 5.21. The molecule has 0 saturated heterocycles. The molecule has 6 nitrogen and oxygen atoms in total. The van der Waals surface area contributed by atoms with Crippen LogP contribution in [-0.4, -0.2) is 26.4 Å². The Bertz CT molecular complexity index is 592. The van der Waals surface area contributed by atoms with Crippen LogP contribution < -0.4 is 0 Å². The summed E-state index contributed by atoms with van der Waals surface area (Å²) < 4.78 is 5.02. The van der Waals surface area contributed by atoms with Crippen molar-refractivity contribution < 1.29 is 24.6 Å². The maximum absolute atomic E-state index is 10.6. The van der Waals surface area contributed by atoms with Gasteiger partial charge in [0.15, 0.2) is 11.5 Å². The highest BCUT2D eigenvalue weighted by molar-refractivity contribution is 9.10. The highest BCUT2D eigenvalue weighted by atomic mass is 79.9. The number of carbonyl (C=O) groups is 1. The van der Waals surface area contributed by atoms with E-state index in [1.807, 2.05) is 0 Å². The van der Waals surface area contributed by atoms with E-state index in [1.54, 1.807) is 0 Å². The molecule has 1 aromatic carbocycles. The number of aromatic hydroxyl groups is 2. The molecule has 0 bridgehead atoms. The first kappa shape index (κ1) is 11.5. The quantitative estimate of drug-likeness (QED) is 0.735. The number of hydrogen-bond donors (Lipinski definition) is 3. The third-order valence-corrected chi connectivity index (χ3v) is 2.74. The van der Waals surface area contributed by atoms with Crippen LogP contribution in [0.25, 0.3) is 11.3 Å². The third kappa shape index (κ3) is 1.96. The highest BCUT2D eigenvalue weighted by Crippen LogP contribution is 2.41. The van der Waals surface area contributed by atoms with Crippen LogP contribution >= 0.6 is 15.9 Å². The summed E-state index contributed by atoms with van der Waals surface area (Å²) in [6, 6.07) is 3.95. The number of phenols is 2. The average Bonchev–Trinajstić information content (AvgIpc) is 2.73. The number of benzene rings is 1. The van der Waals surface area contributed by atoms with Gasteiger partial charge in [-0.1, -0.05) is 5.16 Å². The molecule has 2 rings (SSSR count). The molecule has 0 aliphatic carbocycles. The lowest BCUT2D eigenvalue weighted by molar-refractivity contribution is 0.0652. The third-order valence-electron chi connectivity index (χ3n) is 2.08. The Morgan fingerprint density at radius 1 is 1.35 bits per heavy atom. The number of rotatable bonds is 2. The summed E-state index contributed by atoms with van der Waals surface area (Å²) in [5.74, 6) is -2.35. The number of halogens is 1. The predicted molar refractivity (Wildman–Crippen MR) is 59.9 cm³/mol. The predicted octanol–water partition coefficient (Wildman–Crippen LogP) is 2.21. The molecule has 0 atom stereocenters. The van der Waals surface area contributed by atoms with Gasteiger partial charge in [0.25, 0.3) is 0 Å². The Hall–Kier alpha value is -2.02. The molecule has 0 fully saturated rings. The minimum Gasteiger partial charge on any atom is -0.504 e. The number of carboxylic acids is 1. The summed E-state index contributed by atoms with van der Waals surface area (Å²) in [6.45, 7) is 0. The molecule has 2 aromatic rings. The van der Waals surface area contributed by atoms with Crippen LogP contribution in [0.1, 0.15) is 10.6 Å². The van der Waals surface area contributed by atoms with E-state index < -0.39 is 11.7 Å². The summed E-state index contributed by atoms with van der Waals surface area (Å²) in [5, 5.41) is 31.2. The Kier molecular flexibility index (Phi) is 2.76. The fraction of sp³-hybridized carbons (Fsp3) is 0. The van der Waals surface area contributed by atoms with E-state index in [4.69, 9.17) is 5.11 Å². The van der Waals surface area contributed by atoms with Crippen molar-refractivity contribution in [1.82, 2.24) is 5.16 Å². The molecule has 0 aliphatic heterocycles. The highest BCUT2D eigenvalue weighted by Gasteiger charge is 2.19. The Morgan fingerprint density at radius 3 is 2.65 bits per heavy atom. The van der Waals surface area contributed by atoms with Crippen molar-refractivity contribution in [3.63, 3.8) is 0 Å². The summed E-state index contributed by atoms with van der Waals surface area (Å²) in [6.07, 6.45) is 0. The van der Waals surface area contributed by atoms with Crippen molar-refractivity contribution in [2.24, 2.45) is 0 Å². The molecule has 0 saturated carbocycles. The molecular weight excluding hydrogens is 294 g/mol. The molecule has 7 heteroatoms. The number of aromatic carboxylic acids is 1. The monoisotopic (exact) mass is 299 g/mol. The zero-order valence-electron chi connectivity index (χ0n) is 8.22. The van der Waals surface area contributed by atoms with Gasteiger partial charge >= 0.3 is 5.97 Å². The molecule has 0 spiro atoms. The van der Waals surface area contributed by atoms with Crippen molar-refractivity contribution in [2.75, 3.05) is 0 Å². The fourth-order valence-corrected chi connectivity index (χ4v) is 1.82. The molecule has 0 aliphatic rings. The average molecular weight is 300 g/mol. The Balaban J connectivity index is 2.60. The van der Waals surface area contributed by atoms with Crippen molar-refractivity contribution in [3.05, 3.63) is 28.4 Å². The molecule has 0 unspecified atom stereocenters. The molecular formula is C10H6BrNO5. The summed E-state index contributed by atoms with van der Waals surface area (Å²) in [4.78, 5) is 10.6. The second kappa shape index (κ2) is 4.10. The number of hydrogen-bond acceptors (Lipinski definition) is 5. The molecule has 17 heavy (non-hydrogen) atoms. The van der Waals surface area contributed by atoms with Gasteiger partial charge in [-0.15, -0.1) is 0 Å². The molecule has 0 radical (unpaired) electrons. The zero-order valence-corrected chi connectivity index (χ0v) is 9.80. The van der Waals surface area contributed by atoms with Crippen LogP contribution in [0.15, 0.2) is 27.2 Å². The van der Waals surface area contributed by atoms with Crippen molar-refractivity contribution >= 4 is 21.9 Å². The van der Waals surface area contributed by atoms with Gasteiger partial charge in [-0.25, -0.2) is 4.79 Å². The van der Waals surface area contributed by atoms with E-state index in [9.17, 15) is 15.0 Å². The van der Waals surface area contributed by atoms with E-state index >= 15 is 0 Å². The lowest BCUT2D eigenvalue weighted by atomic mass is 10.1. The Labute approximate surface area is 103 Å². The number of carboxylic acid groups (broad SMARTS) is 1. The van der Waals surface area contributed by atoms with E-state index in [0.717, 1.165) is 6.07 Å². The standard InChI is InChI=1S/C10H6BrNO5/c11-4-1-2-6(13)9(14)8(4)5-3-7(10(15)16)17-12-5/h1-3,13-14H,(H,15,16). The fourth-order valence-electron chi connectivity index (χ4n) is 1.29. The Morgan fingerprint density at radius 2 is 2.06 bits per heavy atom. The lowest BCUT2D eigenvalue weighted by Gasteiger charge is -2.04. The van der Waals surface area contributed by atoms with Crippen LogP contribution in [0, 0.1) is 0 Å². The number of phenolic OH excluding ortho intramolecular Hbond substituents is 2. The zero-order chi connectivity index (χ0) is 12.6. The van der Waals surface area contributed by atoms with Crippen LogP contribution in [-0.2, 0) is 0 Å². The minimum absolute atomic E-state index is 0.114. The SMILES string of the molecule is O=C(O)c1cc(-c2c(Br)ccc(O)c2O)no1. The van der Waals surface area contributed by atoms with Crippen LogP contribution in [0.4, 0.5) is 0 Å². The van der Waals surface area contributed by atoms with Crippen LogP contribution in [0.5, 0.6) is 11.5 Å². The number of aromatic nitrogens is 1. The van der Waals surface area contributed by atoms with Gasteiger partial charge in [0, 0.05) is 10.5 Å². The van der Waals surface area contributed by atoms with E-state index in [2.05, 4.69) is 25.6 Å². The van der Waals surface area contributed by atoms with Gasteiger partial charge in [-0.3, -0.25) is 0 Å². The van der Waals surface area contributed by atoms with E-state index in [0.29, 0.717) is 4.47 Å². The second-order valence-corrected chi connectivity index (χ2v) is 4.03. The van der Waals surface area contributed by atoms with Crippen molar-refractivity contribution in [3.8, 4) is 22.8 Å². The van der Waals surface area contributed by atoms with E-state index in [1.165, 1.54) is 12.1 Å². The van der Waals surface area contributed by atoms with E-state index in [-0.39, 0.29) is 22.8 Å². The van der Waals surface area contributed by atoms with Gasteiger partial charge < -0.3 is 19.8 Å². The summed E-state index contributed by atoms with van der Waals surface area (Å²) in [7, 11) is 0. The van der Waals surface area contributed by atoms with Gasteiger partial charge in [0.2, 0.25) is 5.76 Å².